The molecule has 0 spiro atoms. The van der Waals surface area contributed by atoms with Crippen molar-refractivity contribution in [2.45, 2.75) is 44.8 Å². The molecule has 2 atom stereocenters. The second-order valence-electron chi connectivity index (χ2n) is 7.16. The van der Waals surface area contributed by atoms with Gasteiger partial charge in [-0.15, -0.1) is 12.4 Å². The highest BCUT2D eigenvalue weighted by atomic mass is 35.5. The molecule has 2 heterocycles. The highest BCUT2D eigenvalue weighted by Crippen LogP contribution is 2.24. The van der Waals surface area contributed by atoms with Crippen LogP contribution in [0.5, 0.6) is 5.75 Å². The van der Waals surface area contributed by atoms with Crippen LogP contribution >= 0.6 is 12.4 Å². The third kappa shape index (κ3) is 5.35. The summed E-state index contributed by atoms with van der Waals surface area (Å²) < 4.78 is 10.8. The highest BCUT2D eigenvalue weighted by Gasteiger charge is 2.33. The summed E-state index contributed by atoms with van der Waals surface area (Å²) in [4.78, 5) is 14.7. The predicted octanol–water partition coefficient (Wildman–Crippen LogP) is 2.67. The van der Waals surface area contributed by atoms with Crippen LogP contribution in [-0.2, 0) is 16.0 Å². The molecular weight excluding hydrogens is 352 g/mol. The standard InChI is InChI=1S/C20H30N2O3.ClH/c1-15-19(21-11-14-25-15)20(23)22-12-9-17(10-13-22)4-3-16-5-7-18(24-2)8-6-16;/h5-8,15,17,19,21H,3-4,9-14H2,1-2H3;1H/t15-,19+;/m1./s1. The molecule has 2 fully saturated rings. The molecule has 0 unspecified atom stereocenters. The zero-order chi connectivity index (χ0) is 17.6. The third-order valence-corrected chi connectivity index (χ3v) is 5.51. The summed E-state index contributed by atoms with van der Waals surface area (Å²) in [6.07, 6.45) is 4.45. The van der Waals surface area contributed by atoms with Crippen LogP contribution in [-0.4, -0.2) is 56.3 Å². The Balaban J connectivity index is 0.00000243. The van der Waals surface area contributed by atoms with Gasteiger partial charge in [0.15, 0.2) is 0 Å². The van der Waals surface area contributed by atoms with Gasteiger partial charge in [0.05, 0.1) is 19.8 Å². The normalized spacial score (nSPS) is 24.0. The zero-order valence-corrected chi connectivity index (χ0v) is 16.6. The first-order valence-electron chi connectivity index (χ1n) is 9.44. The molecule has 5 nitrogen and oxygen atoms in total. The molecule has 6 heteroatoms. The lowest BCUT2D eigenvalue weighted by Gasteiger charge is -2.37. The van der Waals surface area contributed by atoms with Crippen molar-refractivity contribution in [3.63, 3.8) is 0 Å². The third-order valence-electron chi connectivity index (χ3n) is 5.51. The number of hydrogen-bond acceptors (Lipinski definition) is 4. The number of nitrogens with zero attached hydrogens (tertiary/aromatic N) is 1. The number of likely N-dealkylation sites (tertiary alicyclic amines) is 1. The van der Waals surface area contributed by atoms with Gasteiger partial charge >= 0.3 is 0 Å². The van der Waals surface area contributed by atoms with E-state index in [-0.39, 0.29) is 30.5 Å². The van der Waals surface area contributed by atoms with Crippen LogP contribution in [0.2, 0.25) is 0 Å². The van der Waals surface area contributed by atoms with Gasteiger partial charge in [-0.1, -0.05) is 12.1 Å². The van der Waals surface area contributed by atoms with Crippen LogP contribution in [0.3, 0.4) is 0 Å². The van der Waals surface area contributed by atoms with E-state index in [9.17, 15) is 4.79 Å². The molecule has 2 saturated heterocycles. The molecule has 2 aliphatic heterocycles. The van der Waals surface area contributed by atoms with Crippen molar-refractivity contribution in [3.05, 3.63) is 29.8 Å². The van der Waals surface area contributed by atoms with Crippen molar-refractivity contribution >= 4 is 18.3 Å². The average molecular weight is 383 g/mol. The molecule has 1 aromatic carbocycles. The molecule has 0 aliphatic carbocycles. The Morgan fingerprint density at radius 2 is 1.96 bits per heavy atom. The fraction of sp³-hybridized carbons (Fsp3) is 0.650. The summed E-state index contributed by atoms with van der Waals surface area (Å²) in [6.45, 7) is 5.18. The average Bonchev–Trinajstić information content (AvgIpc) is 2.67. The number of hydrogen-bond donors (Lipinski definition) is 1. The van der Waals surface area contributed by atoms with Crippen LogP contribution in [0, 0.1) is 5.92 Å². The number of nitrogens with one attached hydrogen (secondary N) is 1. The first-order valence-corrected chi connectivity index (χ1v) is 9.44. The first kappa shape index (κ1) is 21.0. The lowest BCUT2D eigenvalue weighted by Crippen LogP contribution is -2.57. The van der Waals surface area contributed by atoms with Gasteiger partial charge in [-0.2, -0.15) is 0 Å². The number of morpholine rings is 1. The molecule has 0 radical (unpaired) electrons. The van der Waals surface area contributed by atoms with Crippen LogP contribution in [0.1, 0.15) is 31.7 Å². The SMILES string of the molecule is COc1ccc(CCC2CCN(C(=O)[C@H]3NCCO[C@@H]3C)CC2)cc1.Cl. The van der Waals surface area contributed by atoms with Crippen molar-refractivity contribution < 1.29 is 14.3 Å². The second kappa shape index (κ2) is 10.1. The molecule has 1 aromatic rings. The molecular formula is C20H31ClN2O3. The minimum Gasteiger partial charge on any atom is -0.497 e. The Bertz CT molecular complexity index is 559. The van der Waals surface area contributed by atoms with Gasteiger partial charge in [-0.05, 0) is 56.2 Å². The van der Waals surface area contributed by atoms with E-state index in [1.165, 1.54) is 12.0 Å². The Morgan fingerprint density at radius 3 is 2.58 bits per heavy atom. The van der Waals surface area contributed by atoms with Gasteiger partial charge in [0.2, 0.25) is 5.91 Å². The highest BCUT2D eigenvalue weighted by molar-refractivity contribution is 5.85. The fourth-order valence-electron chi connectivity index (χ4n) is 3.81. The fourth-order valence-corrected chi connectivity index (χ4v) is 3.81. The second-order valence-corrected chi connectivity index (χ2v) is 7.16. The van der Waals surface area contributed by atoms with Gasteiger partial charge < -0.3 is 19.7 Å². The number of piperidine rings is 1. The maximum Gasteiger partial charge on any atom is 0.242 e. The number of amides is 1. The van der Waals surface area contributed by atoms with Crippen molar-refractivity contribution in [2.75, 3.05) is 33.4 Å². The van der Waals surface area contributed by atoms with Gasteiger partial charge in [-0.3, -0.25) is 4.79 Å². The van der Waals surface area contributed by atoms with E-state index in [1.54, 1.807) is 7.11 Å². The number of aryl methyl sites for hydroxylation is 1. The van der Waals surface area contributed by atoms with Gasteiger partial charge in [-0.25, -0.2) is 0 Å². The molecule has 0 bridgehead atoms. The molecule has 26 heavy (non-hydrogen) atoms. The maximum atomic E-state index is 12.7. The molecule has 1 N–H and O–H groups in total. The lowest BCUT2D eigenvalue weighted by molar-refractivity contribution is -0.140. The van der Waals surface area contributed by atoms with Crippen molar-refractivity contribution in [2.24, 2.45) is 5.92 Å². The van der Waals surface area contributed by atoms with E-state index < -0.39 is 0 Å². The number of methoxy groups -OCH3 is 1. The minimum atomic E-state index is -0.176. The lowest BCUT2D eigenvalue weighted by atomic mass is 9.90. The monoisotopic (exact) mass is 382 g/mol. The Hall–Kier alpha value is -1.30. The van der Waals surface area contributed by atoms with Gasteiger partial charge in [0.1, 0.15) is 11.8 Å². The number of carbonyl (C=O) groups excluding carboxylic acids is 1. The quantitative estimate of drug-likeness (QED) is 0.850. The zero-order valence-electron chi connectivity index (χ0n) is 15.8. The number of ether oxygens (including phenoxy) is 2. The number of halogens is 1. The summed E-state index contributed by atoms with van der Waals surface area (Å²) in [6, 6.07) is 8.17. The number of benzene rings is 1. The van der Waals surface area contributed by atoms with E-state index in [2.05, 4.69) is 17.4 Å². The summed E-state index contributed by atoms with van der Waals surface area (Å²) >= 11 is 0. The van der Waals surface area contributed by atoms with Crippen LogP contribution in [0.25, 0.3) is 0 Å². The maximum absolute atomic E-state index is 12.7. The van der Waals surface area contributed by atoms with Crippen molar-refractivity contribution in [1.29, 1.82) is 0 Å². The molecule has 0 aromatic heterocycles. The topological polar surface area (TPSA) is 50.8 Å². The smallest absolute Gasteiger partial charge is 0.242 e. The van der Waals surface area contributed by atoms with Crippen LogP contribution < -0.4 is 10.1 Å². The largest absolute Gasteiger partial charge is 0.497 e. The van der Waals surface area contributed by atoms with Crippen molar-refractivity contribution in [3.8, 4) is 5.75 Å². The minimum absolute atomic E-state index is 0. The van der Waals surface area contributed by atoms with E-state index in [1.807, 2.05) is 24.0 Å². The molecule has 2 aliphatic rings. The Morgan fingerprint density at radius 1 is 1.27 bits per heavy atom. The van der Waals surface area contributed by atoms with Crippen LogP contribution in [0.15, 0.2) is 24.3 Å². The van der Waals surface area contributed by atoms with Crippen LogP contribution in [0.4, 0.5) is 0 Å². The van der Waals surface area contributed by atoms with E-state index >= 15 is 0 Å². The summed E-state index contributed by atoms with van der Waals surface area (Å²) in [5.74, 6) is 1.82. The number of carbonyl (C=O) groups is 1. The summed E-state index contributed by atoms with van der Waals surface area (Å²) in [7, 11) is 1.69. The van der Waals surface area contributed by atoms with Gasteiger partial charge in [0.25, 0.3) is 0 Å². The predicted molar refractivity (Wildman–Crippen MR) is 105 cm³/mol. The molecule has 146 valence electrons. The van der Waals surface area contributed by atoms with E-state index in [4.69, 9.17) is 9.47 Å². The van der Waals surface area contributed by atoms with E-state index in [0.29, 0.717) is 12.5 Å². The Kier molecular flexibility index (Phi) is 8.19. The van der Waals surface area contributed by atoms with E-state index in [0.717, 1.165) is 44.6 Å². The molecule has 1 amide bonds. The molecule has 3 rings (SSSR count). The van der Waals surface area contributed by atoms with Gasteiger partial charge in [0, 0.05) is 19.6 Å². The summed E-state index contributed by atoms with van der Waals surface area (Å²) in [5.41, 5.74) is 1.36. The Labute approximate surface area is 162 Å². The molecule has 0 saturated carbocycles. The van der Waals surface area contributed by atoms with Crippen molar-refractivity contribution in [1.82, 2.24) is 10.2 Å². The summed E-state index contributed by atoms with van der Waals surface area (Å²) in [5, 5.41) is 3.31. The number of rotatable bonds is 5. The first-order chi connectivity index (χ1) is 12.2.